The highest BCUT2D eigenvalue weighted by Gasteiger charge is 2.73. The van der Waals surface area contributed by atoms with Crippen molar-refractivity contribution in [1.29, 1.82) is 0 Å². The van der Waals surface area contributed by atoms with E-state index in [2.05, 4.69) is 37.2 Å². The van der Waals surface area contributed by atoms with Gasteiger partial charge in [0.15, 0.2) is 11.5 Å². The number of rotatable bonds is 5. The molecule has 6 nitrogen and oxygen atoms in total. The molecule has 39 heavy (non-hydrogen) atoms. The molecule has 2 aliphatic carbocycles. The number of ether oxygens (including phenoxy) is 1. The molecule has 2 aliphatic heterocycles. The number of aryl methyl sites for hydroxylation is 1. The van der Waals surface area contributed by atoms with Crippen LogP contribution in [0.3, 0.4) is 0 Å². The van der Waals surface area contributed by atoms with Gasteiger partial charge in [0.2, 0.25) is 0 Å². The van der Waals surface area contributed by atoms with Crippen LogP contribution in [0.25, 0.3) is 0 Å². The fraction of sp³-hybridized carbons (Fsp3) is 0.485. The standard InChI is InChI=1S/C33H38N2O4/c1-5-16-34-17-15-32-29-24-10-11-26(36)30(29)39-31(32)25(13-14-33(32,38)27(34)19-24)35(20-21(2)3)28(37)12-9-23-8-6-7-22(4)18-23/h5-8,10-11,18,21,25,27,31,36,38H,1,13-17,19-20H2,2-4H3/t25-,27-,31+,32+,33-/m1/s1. The van der Waals surface area contributed by atoms with Crippen molar-refractivity contribution in [3.63, 3.8) is 0 Å². The van der Waals surface area contributed by atoms with Crippen LogP contribution < -0.4 is 4.74 Å². The number of piperidine rings is 1. The number of phenols is 1. The van der Waals surface area contributed by atoms with E-state index in [4.69, 9.17) is 4.74 Å². The van der Waals surface area contributed by atoms with Gasteiger partial charge in [0.25, 0.3) is 5.91 Å². The van der Waals surface area contributed by atoms with Crippen molar-refractivity contribution < 1.29 is 19.7 Å². The van der Waals surface area contributed by atoms with Gasteiger partial charge in [-0.15, -0.1) is 6.58 Å². The van der Waals surface area contributed by atoms with E-state index in [9.17, 15) is 15.0 Å². The third kappa shape index (κ3) is 3.82. The van der Waals surface area contributed by atoms with Crippen LogP contribution in [0.4, 0.5) is 0 Å². The summed E-state index contributed by atoms with van der Waals surface area (Å²) in [6.07, 6.45) is 4.00. The van der Waals surface area contributed by atoms with E-state index in [1.54, 1.807) is 6.07 Å². The largest absolute Gasteiger partial charge is 0.504 e. The Morgan fingerprint density at radius 3 is 2.87 bits per heavy atom. The van der Waals surface area contributed by atoms with Crippen LogP contribution in [0.15, 0.2) is 49.1 Å². The minimum atomic E-state index is -1.03. The second-order valence-corrected chi connectivity index (χ2v) is 12.2. The molecule has 2 aromatic carbocycles. The highest BCUT2D eigenvalue weighted by Crippen LogP contribution is 2.65. The summed E-state index contributed by atoms with van der Waals surface area (Å²) in [7, 11) is 0. The molecule has 0 unspecified atom stereocenters. The lowest BCUT2D eigenvalue weighted by Gasteiger charge is -2.64. The van der Waals surface area contributed by atoms with Crippen molar-refractivity contribution in [2.45, 2.75) is 75.7 Å². The van der Waals surface area contributed by atoms with Gasteiger partial charge in [-0.05, 0) is 74.4 Å². The molecule has 2 aromatic rings. The fourth-order valence-electron chi connectivity index (χ4n) is 7.99. The molecule has 1 saturated carbocycles. The van der Waals surface area contributed by atoms with Crippen LogP contribution >= 0.6 is 0 Å². The third-order valence-electron chi connectivity index (χ3n) is 9.46. The number of benzene rings is 2. The minimum Gasteiger partial charge on any atom is -0.504 e. The number of nitrogens with zero attached hydrogens (tertiary/aromatic N) is 2. The van der Waals surface area contributed by atoms with Crippen LogP contribution in [0.5, 0.6) is 11.5 Å². The van der Waals surface area contributed by atoms with Crippen molar-refractivity contribution in [2.75, 3.05) is 19.6 Å². The van der Waals surface area contributed by atoms with E-state index in [1.165, 1.54) is 0 Å². The van der Waals surface area contributed by atoms with Crippen molar-refractivity contribution in [1.82, 2.24) is 9.80 Å². The molecule has 2 N–H and O–H groups in total. The normalized spacial score (nSPS) is 30.1. The molecule has 4 aliphatic rings. The quantitative estimate of drug-likeness (QED) is 0.456. The van der Waals surface area contributed by atoms with Gasteiger partial charge in [0.1, 0.15) is 6.10 Å². The number of aliphatic hydroxyl groups is 1. The number of phenolic OH excluding ortho intramolecular Hbond substituents is 1. The van der Waals surface area contributed by atoms with Gasteiger partial charge in [0, 0.05) is 36.2 Å². The van der Waals surface area contributed by atoms with Crippen LogP contribution in [0, 0.1) is 24.7 Å². The molecule has 0 aromatic heterocycles. The zero-order valence-electron chi connectivity index (χ0n) is 23.1. The van der Waals surface area contributed by atoms with Gasteiger partial charge < -0.3 is 19.8 Å². The first-order valence-corrected chi connectivity index (χ1v) is 14.2. The van der Waals surface area contributed by atoms with Gasteiger partial charge in [0.05, 0.1) is 17.1 Å². The molecular formula is C33H38N2O4. The van der Waals surface area contributed by atoms with Crippen LogP contribution in [0.1, 0.15) is 55.4 Å². The second kappa shape index (κ2) is 9.43. The molecule has 1 amide bonds. The number of aromatic hydroxyl groups is 1. The van der Waals surface area contributed by atoms with E-state index in [0.717, 1.165) is 28.8 Å². The number of carbonyl (C=O) groups is 1. The summed E-state index contributed by atoms with van der Waals surface area (Å²) >= 11 is 0. The van der Waals surface area contributed by atoms with Crippen LogP contribution in [0.2, 0.25) is 0 Å². The summed E-state index contributed by atoms with van der Waals surface area (Å²) in [6.45, 7) is 12.2. The topological polar surface area (TPSA) is 73.2 Å². The summed E-state index contributed by atoms with van der Waals surface area (Å²) in [5.41, 5.74) is 2.27. The second-order valence-electron chi connectivity index (χ2n) is 12.2. The van der Waals surface area contributed by atoms with E-state index >= 15 is 0 Å². The summed E-state index contributed by atoms with van der Waals surface area (Å²) in [6, 6.07) is 11.2. The lowest BCUT2D eigenvalue weighted by molar-refractivity contribution is -0.199. The van der Waals surface area contributed by atoms with Crippen molar-refractivity contribution in [2.24, 2.45) is 5.92 Å². The summed E-state index contributed by atoms with van der Waals surface area (Å²) < 4.78 is 6.68. The highest BCUT2D eigenvalue weighted by atomic mass is 16.5. The molecule has 5 atom stereocenters. The number of likely N-dealkylation sites (tertiary alicyclic amines) is 1. The highest BCUT2D eigenvalue weighted by molar-refractivity contribution is 5.94. The van der Waals surface area contributed by atoms with Gasteiger partial charge in [-0.2, -0.15) is 0 Å². The Kier molecular flexibility index (Phi) is 6.28. The number of hydrogen-bond donors (Lipinski definition) is 2. The molecule has 1 spiro atoms. The Bertz CT molecular complexity index is 1390. The Morgan fingerprint density at radius 1 is 1.31 bits per heavy atom. The predicted molar refractivity (Wildman–Crippen MR) is 151 cm³/mol. The summed E-state index contributed by atoms with van der Waals surface area (Å²) in [4.78, 5) is 18.0. The monoisotopic (exact) mass is 526 g/mol. The predicted octanol–water partition coefficient (Wildman–Crippen LogP) is 3.95. The van der Waals surface area contributed by atoms with Gasteiger partial charge in [-0.1, -0.05) is 44.0 Å². The first-order valence-electron chi connectivity index (χ1n) is 14.2. The van der Waals surface area contributed by atoms with E-state index in [0.29, 0.717) is 44.5 Å². The average molecular weight is 527 g/mol. The minimum absolute atomic E-state index is 0.0744. The molecule has 0 radical (unpaired) electrons. The molecule has 6 rings (SSSR count). The Hall–Kier alpha value is -3.27. The lowest BCUT2D eigenvalue weighted by Crippen LogP contribution is -2.78. The van der Waals surface area contributed by atoms with Crippen molar-refractivity contribution in [3.05, 3.63) is 71.3 Å². The van der Waals surface area contributed by atoms with Gasteiger partial charge >= 0.3 is 0 Å². The Labute approximate surface area is 231 Å². The Balaban J connectivity index is 1.43. The first-order chi connectivity index (χ1) is 18.7. The first kappa shape index (κ1) is 26.0. The molecule has 2 heterocycles. The number of hydrogen-bond acceptors (Lipinski definition) is 5. The number of carbonyl (C=O) groups excluding carboxylic acids is 1. The maximum absolute atomic E-state index is 13.8. The summed E-state index contributed by atoms with van der Waals surface area (Å²) in [5, 5.41) is 23.5. The van der Waals surface area contributed by atoms with E-state index < -0.39 is 17.1 Å². The zero-order chi connectivity index (χ0) is 27.5. The molecule has 2 bridgehead atoms. The fourth-order valence-corrected chi connectivity index (χ4v) is 7.99. The third-order valence-corrected chi connectivity index (χ3v) is 9.46. The summed E-state index contributed by atoms with van der Waals surface area (Å²) in [5.74, 6) is 6.59. The van der Waals surface area contributed by atoms with Crippen molar-refractivity contribution >= 4 is 5.91 Å². The van der Waals surface area contributed by atoms with Crippen LogP contribution in [-0.2, 0) is 16.6 Å². The molecule has 6 heteroatoms. The maximum atomic E-state index is 13.8. The number of amides is 1. The zero-order valence-corrected chi connectivity index (χ0v) is 23.1. The molecule has 2 fully saturated rings. The lowest BCUT2D eigenvalue weighted by atomic mass is 9.48. The maximum Gasteiger partial charge on any atom is 0.299 e. The SMILES string of the molecule is C=CCN1CC[C@]23c4c5ccc(O)c4O[C@H]2[C@H](N(CC(C)C)C(=O)C#Cc2cccc(C)c2)CC[C@@]3(O)[C@H]1C5. The van der Waals surface area contributed by atoms with Crippen molar-refractivity contribution in [3.8, 4) is 23.3 Å². The van der Waals surface area contributed by atoms with E-state index in [-0.39, 0.29) is 29.7 Å². The Morgan fingerprint density at radius 2 is 2.13 bits per heavy atom. The molecule has 204 valence electrons. The smallest absolute Gasteiger partial charge is 0.299 e. The van der Waals surface area contributed by atoms with E-state index in [1.807, 2.05) is 48.2 Å². The molecule has 1 saturated heterocycles. The van der Waals surface area contributed by atoms with Gasteiger partial charge in [-0.3, -0.25) is 9.69 Å². The molecular weight excluding hydrogens is 488 g/mol. The van der Waals surface area contributed by atoms with Crippen LogP contribution in [-0.4, -0.2) is 69.3 Å². The van der Waals surface area contributed by atoms with Gasteiger partial charge in [-0.25, -0.2) is 0 Å². The average Bonchev–Trinajstić information content (AvgIpc) is 3.25.